The molecule has 5 rings (SSSR count). The number of halogens is 2. The summed E-state index contributed by atoms with van der Waals surface area (Å²) in [4.78, 5) is 35.7. The molecule has 39 heavy (non-hydrogen) atoms. The average molecular weight is 543 g/mol. The largest absolute Gasteiger partial charge is 0.466 e. The highest BCUT2D eigenvalue weighted by molar-refractivity contribution is 6.03. The second-order valence-corrected chi connectivity index (χ2v) is 10.2. The molecule has 0 bridgehead atoms. The molecule has 2 aliphatic rings. The molecule has 10 nitrogen and oxygen atoms in total. The van der Waals surface area contributed by atoms with E-state index < -0.39 is 18.0 Å². The zero-order valence-electron chi connectivity index (χ0n) is 22.0. The van der Waals surface area contributed by atoms with Gasteiger partial charge in [0.15, 0.2) is 11.4 Å². The summed E-state index contributed by atoms with van der Waals surface area (Å²) >= 11 is 0. The van der Waals surface area contributed by atoms with Crippen LogP contribution in [0.15, 0.2) is 35.2 Å². The molecule has 0 unspecified atom stereocenters. The number of anilines is 2. The monoisotopic (exact) mass is 542 g/mol. The predicted molar refractivity (Wildman–Crippen MR) is 138 cm³/mol. The van der Waals surface area contributed by atoms with Crippen LogP contribution in [-0.4, -0.2) is 51.8 Å². The number of amides is 1. The maximum absolute atomic E-state index is 13.8. The number of carbonyl (C=O) groups excluding carboxylic acids is 2. The van der Waals surface area contributed by atoms with Gasteiger partial charge in [-0.15, -0.1) is 0 Å². The summed E-state index contributed by atoms with van der Waals surface area (Å²) in [6.45, 7) is 3.01. The molecule has 3 aromatic heterocycles. The van der Waals surface area contributed by atoms with E-state index in [1.54, 1.807) is 19.2 Å². The SMILES string of the molecule is CCOC(=O)[C@H]1CC[C@H](n2cc(NC(=O)c3coc(-c4ccnc(N(C)CC5CC5)c4)n3)c(C(F)F)n2)CC1. The van der Waals surface area contributed by atoms with E-state index in [9.17, 15) is 18.4 Å². The zero-order chi connectivity index (χ0) is 27.5. The van der Waals surface area contributed by atoms with E-state index in [1.807, 2.05) is 13.1 Å². The molecule has 208 valence electrons. The van der Waals surface area contributed by atoms with E-state index in [0.29, 0.717) is 43.8 Å². The van der Waals surface area contributed by atoms with Crippen molar-refractivity contribution in [1.82, 2.24) is 19.7 Å². The van der Waals surface area contributed by atoms with Crippen LogP contribution in [0.1, 0.15) is 74.1 Å². The highest BCUT2D eigenvalue weighted by Crippen LogP contribution is 2.35. The van der Waals surface area contributed by atoms with Gasteiger partial charge in [-0.25, -0.2) is 18.7 Å². The Morgan fingerprint density at radius 3 is 2.69 bits per heavy atom. The summed E-state index contributed by atoms with van der Waals surface area (Å²) in [5, 5.41) is 6.59. The first-order chi connectivity index (χ1) is 18.8. The second-order valence-electron chi connectivity index (χ2n) is 10.2. The number of nitrogens with zero attached hydrogens (tertiary/aromatic N) is 5. The fourth-order valence-electron chi connectivity index (χ4n) is 4.92. The Balaban J connectivity index is 1.26. The molecule has 1 N–H and O–H groups in total. The van der Waals surface area contributed by atoms with Gasteiger partial charge in [0.2, 0.25) is 5.89 Å². The second kappa shape index (κ2) is 11.5. The third-order valence-electron chi connectivity index (χ3n) is 7.26. The maximum Gasteiger partial charge on any atom is 0.308 e. The third kappa shape index (κ3) is 6.26. The number of rotatable bonds is 10. The van der Waals surface area contributed by atoms with Crippen LogP contribution in [0.25, 0.3) is 11.5 Å². The van der Waals surface area contributed by atoms with Gasteiger partial charge in [-0.2, -0.15) is 5.10 Å². The van der Waals surface area contributed by atoms with Gasteiger partial charge in [0.1, 0.15) is 12.1 Å². The van der Waals surface area contributed by atoms with Crippen molar-refractivity contribution in [3.8, 4) is 11.5 Å². The van der Waals surface area contributed by atoms with Crippen molar-refractivity contribution in [2.24, 2.45) is 11.8 Å². The Kier molecular flexibility index (Phi) is 7.89. The van der Waals surface area contributed by atoms with Gasteiger partial charge in [0, 0.05) is 31.5 Å². The van der Waals surface area contributed by atoms with E-state index in [1.165, 1.54) is 30.0 Å². The van der Waals surface area contributed by atoms with Crippen molar-refractivity contribution in [2.45, 2.75) is 57.9 Å². The summed E-state index contributed by atoms with van der Waals surface area (Å²) in [5.74, 6) is 0.595. The van der Waals surface area contributed by atoms with Gasteiger partial charge in [-0.05, 0) is 63.5 Å². The lowest BCUT2D eigenvalue weighted by atomic mass is 9.86. The number of ether oxygens (including phenoxy) is 1. The van der Waals surface area contributed by atoms with Gasteiger partial charge in [0.05, 0.1) is 24.3 Å². The lowest BCUT2D eigenvalue weighted by molar-refractivity contribution is -0.149. The van der Waals surface area contributed by atoms with E-state index in [2.05, 4.69) is 25.3 Å². The van der Waals surface area contributed by atoms with Gasteiger partial charge < -0.3 is 19.4 Å². The quantitative estimate of drug-likeness (QED) is 0.345. The molecule has 0 radical (unpaired) electrons. The van der Waals surface area contributed by atoms with Crippen molar-refractivity contribution >= 4 is 23.4 Å². The van der Waals surface area contributed by atoms with Crippen LogP contribution in [0.2, 0.25) is 0 Å². The van der Waals surface area contributed by atoms with Gasteiger partial charge in [-0.1, -0.05) is 0 Å². The van der Waals surface area contributed by atoms with Crippen LogP contribution in [0, 0.1) is 11.8 Å². The van der Waals surface area contributed by atoms with Crippen LogP contribution >= 0.6 is 0 Å². The zero-order valence-corrected chi connectivity index (χ0v) is 22.0. The summed E-state index contributed by atoms with van der Waals surface area (Å²) in [5.41, 5.74) is 0.0100. The molecule has 2 fully saturated rings. The molecule has 12 heteroatoms. The highest BCUT2D eigenvalue weighted by atomic mass is 19.3. The fourth-order valence-corrected chi connectivity index (χ4v) is 4.92. The number of oxazole rings is 1. The molecule has 0 aliphatic heterocycles. The minimum Gasteiger partial charge on any atom is -0.466 e. The van der Waals surface area contributed by atoms with E-state index in [0.717, 1.165) is 12.4 Å². The average Bonchev–Trinajstić information content (AvgIpc) is 3.43. The van der Waals surface area contributed by atoms with Crippen LogP contribution < -0.4 is 10.2 Å². The molecule has 0 saturated heterocycles. The Labute approximate surface area is 224 Å². The first-order valence-electron chi connectivity index (χ1n) is 13.3. The van der Waals surface area contributed by atoms with Crippen LogP contribution in [-0.2, 0) is 9.53 Å². The van der Waals surface area contributed by atoms with Gasteiger partial charge in [0.25, 0.3) is 12.3 Å². The number of hydrogen-bond acceptors (Lipinski definition) is 8. The minimum atomic E-state index is -2.88. The first-order valence-corrected chi connectivity index (χ1v) is 13.3. The maximum atomic E-state index is 13.8. The molecule has 0 atom stereocenters. The lowest BCUT2D eigenvalue weighted by Gasteiger charge is -2.27. The lowest BCUT2D eigenvalue weighted by Crippen LogP contribution is -2.25. The summed E-state index contributed by atoms with van der Waals surface area (Å²) in [6.07, 6.45) is 6.20. The van der Waals surface area contributed by atoms with E-state index >= 15 is 0 Å². The molecule has 0 aromatic carbocycles. The van der Waals surface area contributed by atoms with Gasteiger partial charge >= 0.3 is 5.97 Å². The standard InChI is InChI=1S/C27H32F2N6O4/c1-3-38-27(37)17-6-8-19(9-7-17)35-14-20(23(33-35)24(28)29)31-25(36)21-15-39-26(32-21)18-10-11-30-22(12-18)34(2)13-16-4-5-16/h10-12,14-17,19,24H,3-9,13H2,1-2H3,(H,31,36)/t17-,19-. The fraction of sp³-hybridized carbons (Fsp3) is 0.519. The van der Waals surface area contributed by atoms with Crippen LogP contribution in [0.3, 0.4) is 0 Å². The number of esters is 1. The van der Waals surface area contributed by atoms with E-state index in [-0.39, 0.29) is 35.2 Å². The van der Waals surface area contributed by atoms with Gasteiger partial charge in [-0.3, -0.25) is 14.3 Å². The van der Waals surface area contributed by atoms with Crippen LogP contribution in [0.4, 0.5) is 20.3 Å². The number of alkyl halides is 2. The number of nitrogens with one attached hydrogen (secondary N) is 1. The first kappa shape index (κ1) is 26.8. The Morgan fingerprint density at radius 2 is 2.00 bits per heavy atom. The van der Waals surface area contributed by atoms with Crippen LogP contribution in [0.5, 0.6) is 0 Å². The molecule has 2 aliphatic carbocycles. The third-order valence-corrected chi connectivity index (χ3v) is 7.26. The summed E-state index contributed by atoms with van der Waals surface area (Å²) < 4.78 is 39.7. The minimum absolute atomic E-state index is 0.0439. The van der Waals surface area contributed by atoms with Crippen molar-refractivity contribution < 1.29 is 27.5 Å². The summed E-state index contributed by atoms with van der Waals surface area (Å²) in [6, 6.07) is 3.42. The molecule has 3 aromatic rings. The van der Waals surface area contributed by atoms with E-state index in [4.69, 9.17) is 9.15 Å². The highest BCUT2D eigenvalue weighted by Gasteiger charge is 2.30. The Morgan fingerprint density at radius 1 is 1.23 bits per heavy atom. The molecular formula is C27H32F2N6O4. The number of carbonyl (C=O) groups is 2. The van der Waals surface area contributed by atoms with Crippen molar-refractivity contribution in [1.29, 1.82) is 0 Å². The predicted octanol–water partition coefficient (Wildman–Crippen LogP) is 5.26. The smallest absolute Gasteiger partial charge is 0.308 e. The molecule has 0 spiro atoms. The number of aromatic nitrogens is 4. The van der Waals surface area contributed by atoms with Crippen molar-refractivity contribution in [3.63, 3.8) is 0 Å². The molecular weight excluding hydrogens is 510 g/mol. The Bertz CT molecular complexity index is 1310. The normalized spacial score (nSPS) is 19.2. The molecule has 2 saturated carbocycles. The Hall–Kier alpha value is -3.83. The molecule has 1 amide bonds. The summed E-state index contributed by atoms with van der Waals surface area (Å²) in [7, 11) is 1.98. The van der Waals surface area contributed by atoms with Crippen molar-refractivity contribution in [3.05, 3.63) is 42.2 Å². The topological polar surface area (TPSA) is 115 Å². The molecule has 3 heterocycles. The van der Waals surface area contributed by atoms with Crippen molar-refractivity contribution in [2.75, 3.05) is 30.4 Å². The number of hydrogen-bond donors (Lipinski definition) is 1. The number of pyridine rings is 1.